The van der Waals surface area contributed by atoms with Crippen molar-refractivity contribution >= 4 is 29.1 Å². The zero-order chi connectivity index (χ0) is 16.4. The van der Waals surface area contributed by atoms with E-state index in [4.69, 9.17) is 0 Å². The van der Waals surface area contributed by atoms with E-state index in [1.54, 1.807) is 0 Å². The molecule has 1 heterocycles. The topological polar surface area (TPSA) is 46.9 Å². The zero-order valence-corrected chi connectivity index (χ0v) is 13.4. The van der Waals surface area contributed by atoms with Gasteiger partial charge in [-0.2, -0.15) is 0 Å². The standard InChI is InChI=1S/C20H19N3O/c24-20(21-16-11-12-16)14-23-18-9-5-4-8-17(18)22-19(23)13-10-15-6-2-1-3-7-15/h1-10,13,16H,11-12,14H2,(H,21,24)/b13-10+. The van der Waals surface area contributed by atoms with Crippen molar-refractivity contribution in [2.75, 3.05) is 0 Å². The summed E-state index contributed by atoms with van der Waals surface area (Å²) in [5.41, 5.74) is 3.00. The van der Waals surface area contributed by atoms with Crippen molar-refractivity contribution in [3.05, 3.63) is 66.0 Å². The Kier molecular flexibility index (Phi) is 3.87. The third-order valence-electron chi connectivity index (χ3n) is 4.15. The van der Waals surface area contributed by atoms with E-state index in [0.717, 1.165) is 35.3 Å². The molecule has 1 saturated carbocycles. The highest BCUT2D eigenvalue weighted by atomic mass is 16.2. The molecule has 1 amide bonds. The van der Waals surface area contributed by atoms with Gasteiger partial charge in [0, 0.05) is 6.04 Å². The van der Waals surface area contributed by atoms with Crippen molar-refractivity contribution in [2.45, 2.75) is 25.4 Å². The fourth-order valence-corrected chi connectivity index (χ4v) is 2.77. The van der Waals surface area contributed by atoms with E-state index in [2.05, 4.69) is 10.3 Å². The maximum atomic E-state index is 12.2. The van der Waals surface area contributed by atoms with Crippen LogP contribution < -0.4 is 5.32 Å². The summed E-state index contributed by atoms with van der Waals surface area (Å²) < 4.78 is 1.98. The molecule has 4 heteroatoms. The van der Waals surface area contributed by atoms with Crippen LogP contribution in [0.4, 0.5) is 0 Å². The Balaban J connectivity index is 1.66. The van der Waals surface area contributed by atoms with Gasteiger partial charge in [0.05, 0.1) is 11.0 Å². The highest BCUT2D eigenvalue weighted by Gasteiger charge is 2.23. The number of nitrogens with one attached hydrogen (secondary N) is 1. The van der Waals surface area contributed by atoms with Crippen LogP contribution in [0.25, 0.3) is 23.2 Å². The molecule has 1 aliphatic rings. The second-order valence-electron chi connectivity index (χ2n) is 6.13. The number of imidazole rings is 1. The third kappa shape index (κ3) is 3.23. The van der Waals surface area contributed by atoms with Crippen LogP contribution >= 0.6 is 0 Å². The monoisotopic (exact) mass is 317 g/mol. The Hall–Kier alpha value is -2.88. The first kappa shape index (κ1) is 14.7. The Labute approximate surface area is 140 Å². The number of aromatic nitrogens is 2. The zero-order valence-electron chi connectivity index (χ0n) is 13.4. The molecule has 4 rings (SSSR count). The molecule has 1 aromatic heterocycles. The summed E-state index contributed by atoms with van der Waals surface area (Å²) in [4.78, 5) is 16.9. The summed E-state index contributed by atoms with van der Waals surface area (Å²) in [6.07, 6.45) is 6.19. The molecule has 0 spiro atoms. The second-order valence-corrected chi connectivity index (χ2v) is 6.13. The molecule has 1 aliphatic carbocycles. The van der Waals surface area contributed by atoms with Crippen molar-refractivity contribution < 1.29 is 4.79 Å². The van der Waals surface area contributed by atoms with Crippen LogP contribution in [0.15, 0.2) is 54.6 Å². The van der Waals surface area contributed by atoms with Gasteiger partial charge in [0.25, 0.3) is 0 Å². The SMILES string of the molecule is O=C(Cn1c(/C=C/c2ccccc2)nc2ccccc21)NC1CC1. The average Bonchev–Trinajstić information content (AvgIpc) is 3.35. The summed E-state index contributed by atoms with van der Waals surface area (Å²) in [5.74, 6) is 0.848. The lowest BCUT2D eigenvalue weighted by Crippen LogP contribution is -2.29. The molecule has 1 N–H and O–H groups in total. The van der Waals surface area contributed by atoms with Crippen molar-refractivity contribution in [2.24, 2.45) is 0 Å². The van der Waals surface area contributed by atoms with Crippen molar-refractivity contribution in [1.29, 1.82) is 0 Å². The highest BCUT2D eigenvalue weighted by molar-refractivity contribution is 5.83. The summed E-state index contributed by atoms with van der Waals surface area (Å²) >= 11 is 0. The van der Waals surface area contributed by atoms with Gasteiger partial charge in [-0.05, 0) is 36.6 Å². The summed E-state index contributed by atoms with van der Waals surface area (Å²) in [7, 11) is 0. The van der Waals surface area contributed by atoms with Crippen LogP contribution in [0.1, 0.15) is 24.2 Å². The predicted octanol–water partition coefficient (Wildman–Crippen LogP) is 3.49. The van der Waals surface area contributed by atoms with E-state index in [-0.39, 0.29) is 5.91 Å². The number of hydrogen-bond acceptors (Lipinski definition) is 2. The first-order valence-corrected chi connectivity index (χ1v) is 8.27. The number of carbonyl (C=O) groups excluding carboxylic acids is 1. The molecular weight excluding hydrogens is 298 g/mol. The number of rotatable bonds is 5. The van der Waals surface area contributed by atoms with Crippen LogP contribution in [-0.2, 0) is 11.3 Å². The molecular formula is C20H19N3O. The molecule has 0 saturated heterocycles. The minimum absolute atomic E-state index is 0.0509. The van der Waals surface area contributed by atoms with Crippen molar-refractivity contribution in [1.82, 2.24) is 14.9 Å². The van der Waals surface area contributed by atoms with E-state index >= 15 is 0 Å². The molecule has 0 bridgehead atoms. The minimum Gasteiger partial charge on any atom is -0.352 e. The normalized spacial score (nSPS) is 14.3. The lowest BCUT2D eigenvalue weighted by molar-refractivity contribution is -0.121. The molecule has 3 aromatic rings. The van der Waals surface area contributed by atoms with Crippen LogP contribution in [-0.4, -0.2) is 21.5 Å². The lowest BCUT2D eigenvalue weighted by Gasteiger charge is -2.07. The van der Waals surface area contributed by atoms with E-state index in [1.165, 1.54) is 0 Å². The van der Waals surface area contributed by atoms with Crippen molar-refractivity contribution in [3.8, 4) is 0 Å². The van der Waals surface area contributed by atoms with Gasteiger partial charge in [0.2, 0.25) is 5.91 Å². The van der Waals surface area contributed by atoms with E-state index in [9.17, 15) is 4.79 Å². The number of hydrogen-bond donors (Lipinski definition) is 1. The number of para-hydroxylation sites is 2. The van der Waals surface area contributed by atoms with E-state index in [0.29, 0.717) is 12.6 Å². The molecule has 0 atom stereocenters. The number of benzene rings is 2. The Bertz CT molecular complexity index is 892. The van der Waals surface area contributed by atoms with Gasteiger partial charge >= 0.3 is 0 Å². The third-order valence-corrected chi connectivity index (χ3v) is 4.15. The summed E-state index contributed by atoms with van der Waals surface area (Å²) in [5, 5.41) is 3.05. The maximum absolute atomic E-state index is 12.2. The van der Waals surface area contributed by atoms with Gasteiger partial charge in [0.1, 0.15) is 12.4 Å². The molecule has 0 radical (unpaired) electrons. The fourth-order valence-electron chi connectivity index (χ4n) is 2.77. The molecule has 120 valence electrons. The molecule has 2 aromatic carbocycles. The van der Waals surface area contributed by atoms with Gasteiger partial charge in [-0.3, -0.25) is 4.79 Å². The molecule has 1 fully saturated rings. The largest absolute Gasteiger partial charge is 0.352 e. The summed E-state index contributed by atoms with van der Waals surface area (Å²) in [6, 6.07) is 18.4. The smallest absolute Gasteiger partial charge is 0.240 e. The van der Waals surface area contributed by atoms with E-state index in [1.807, 2.05) is 71.3 Å². The number of carbonyl (C=O) groups is 1. The van der Waals surface area contributed by atoms with Crippen molar-refractivity contribution in [3.63, 3.8) is 0 Å². The number of amides is 1. The molecule has 0 aliphatic heterocycles. The summed E-state index contributed by atoms with van der Waals surface area (Å²) in [6.45, 7) is 0.297. The Morgan fingerprint density at radius 1 is 1.08 bits per heavy atom. The molecule has 4 nitrogen and oxygen atoms in total. The molecule has 24 heavy (non-hydrogen) atoms. The number of fused-ring (bicyclic) bond motifs is 1. The Morgan fingerprint density at radius 3 is 2.62 bits per heavy atom. The number of nitrogens with zero attached hydrogens (tertiary/aromatic N) is 2. The van der Waals surface area contributed by atoms with Gasteiger partial charge in [-0.1, -0.05) is 48.5 Å². The van der Waals surface area contributed by atoms with Crippen LogP contribution in [0, 0.1) is 0 Å². The van der Waals surface area contributed by atoms with Gasteiger partial charge in [0.15, 0.2) is 0 Å². The predicted molar refractivity (Wildman–Crippen MR) is 96.3 cm³/mol. The van der Waals surface area contributed by atoms with Crippen LogP contribution in [0.3, 0.4) is 0 Å². The first-order chi connectivity index (χ1) is 11.8. The Morgan fingerprint density at radius 2 is 1.83 bits per heavy atom. The van der Waals surface area contributed by atoms with Crippen LogP contribution in [0.2, 0.25) is 0 Å². The van der Waals surface area contributed by atoms with Gasteiger partial charge in [-0.25, -0.2) is 4.98 Å². The maximum Gasteiger partial charge on any atom is 0.240 e. The lowest BCUT2D eigenvalue weighted by atomic mass is 10.2. The highest BCUT2D eigenvalue weighted by Crippen LogP contribution is 2.20. The van der Waals surface area contributed by atoms with Gasteiger partial charge < -0.3 is 9.88 Å². The fraction of sp³-hybridized carbons (Fsp3) is 0.200. The quantitative estimate of drug-likeness (QED) is 0.783. The minimum atomic E-state index is 0.0509. The second kappa shape index (κ2) is 6.32. The molecule has 0 unspecified atom stereocenters. The van der Waals surface area contributed by atoms with E-state index < -0.39 is 0 Å². The van der Waals surface area contributed by atoms with Crippen LogP contribution in [0.5, 0.6) is 0 Å². The van der Waals surface area contributed by atoms with Gasteiger partial charge in [-0.15, -0.1) is 0 Å². The first-order valence-electron chi connectivity index (χ1n) is 8.27. The average molecular weight is 317 g/mol.